The molecule has 2 N–H and O–H groups in total. The largest absolute Gasteiger partial charge is 0.493 e. The molecule has 1 atom stereocenters. The predicted octanol–water partition coefficient (Wildman–Crippen LogP) is 4.80. The van der Waals surface area contributed by atoms with Crippen molar-refractivity contribution in [2.75, 3.05) is 25.7 Å². The number of anilines is 1. The van der Waals surface area contributed by atoms with Gasteiger partial charge in [-0.25, -0.2) is 0 Å². The maximum absolute atomic E-state index is 14.0. The predicted molar refractivity (Wildman–Crippen MR) is 150 cm³/mol. The van der Waals surface area contributed by atoms with Crippen LogP contribution in [0, 0.1) is 13.8 Å². The standard InChI is InChI=1S/C29H35N3O5S/c1-18-10-8-11-19(2)25(18)32(24(33)17-30-27(34)23-12-9-15-38-23)26(28(35)31-29(3,4)5)20-13-14-21(36-6)22(16-20)37-7/h8-16,26H,17H2,1-7H3,(H,30,34)(H,31,35)/t26-/m1/s1. The Hall–Kier alpha value is -3.85. The van der Waals surface area contributed by atoms with Crippen molar-refractivity contribution >= 4 is 34.7 Å². The summed E-state index contributed by atoms with van der Waals surface area (Å²) in [5.41, 5.74) is 2.21. The van der Waals surface area contributed by atoms with Gasteiger partial charge in [0.1, 0.15) is 6.04 Å². The zero-order valence-electron chi connectivity index (χ0n) is 22.9. The number of para-hydroxylation sites is 1. The van der Waals surface area contributed by atoms with Gasteiger partial charge in [-0.05, 0) is 74.9 Å². The van der Waals surface area contributed by atoms with E-state index in [1.165, 1.54) is 30.5 Å². The SMILES string of the molecule is COc1ccc([C@H](C(=O)NC(C)(C)C)N(C(=O)CNC(=O)c2cccs2)c2c(C)cccc2C)cc1OC. The van der Waals surface area contributed by atoms with Crippen LogP contribution in [0.1, 0.15) is 53.2 Å². The number of rotatable bonds is 9. The normalized spacial score (nSPS) is 11.9. The van der Waals surface area contributed by atoms with Crippen LogP contribution < -0.4 is 25.0 Å². The third-order valence-electron chi connectivity index (χ3n) is 5.82. The molecule has 3 amide bonds. The molecule has 38 heavy (non-hydrogen) atoms. The third kappa shape index (κ3) is 6.72. The number of aryl methyl sites for hydroxylation is 2. The lowest BCUT2D eigenvalue weighted by Crippen LogP contribution is -2.51. The fraction of sp³-hybridized carbons (Fsp3) is 0.345. The Kier molecular flexibility index (Phi) is 9.17. The Balaban J connectivity index is 2.15. The lowest BCUT2D eigenvalue weighted by atomic mass is 9.98. The number of ether oxygens (including phenoxy) is 2. The lowest BCUT2D eigenvalue weighted by molar-refractivity contribution is -0.127. The van der Waals surface area contributed by atoms with Gasteiger partial charge in [-0.15, -0.1) is 11.3 Å². The number of hydrogen-bond acceptors (Lipinski definition) is 6. The molecule has 1 aromatic heterocycles. The highest BCUT2D eigenvalue weighted by Gasteiger charge is 2.36. The van der Waals surface area contributed by atoms with E-state index in [4.69, 9.17) is 9.47 Å². The second-order valence-corrected chi connectivity index (χ2v) is 10.9. The number of benzene rings is 2. The van der Waals surface area contributed by atoms with Crippen LogP contribution in [0.25, 0.3) is 0 Å². The second kappa shape index (κ2) is 12.1. The summed E-state index contributed by atoms with van der Waals surface area (Å²) in [5.74, 6) is -0.226. The fourth-order valence-electron chi connectivity index (χ4n) is 4.20. The van der Waals surface area contributed by atoms with E-state index in [1.54, 1.807) is 35.7 Å². The molecular formula is C29H35N3O5S. The zero-order valence-corrected chi connectivity index (χ0v) is 23.7. The van der Waals surface area contributed by atoms with Gasteiger partial charge in [-0.3, -0.25) is 19.3 Å². The molecule has 0 aliphatic heterocycles. The van der Waals surface area contributed by atoms with Gasteiger partial charge < -0.3 is 20.1 Å². The number of amides is 3. The molecule has 2 aromatic carbocycles. The molecule has 0 saturated heterocycles. The highest BCUT2D eigenvalue weighted by molar-refractivity contribution is 7.12. The average Bonchev–Trinajstić information content (AvgIpc) is 3.40. The molecule has 0 saturated carbocycles. The first-order valence-electron chi connectivity index (χ1n) is 12.2. The number of methoxy groups -OCH3 is 2. The van der Waals surface area contributed by atoms with Crippen LogP contribution in [0.2, 0.25) is 0 Å². The quantitative estimate of drug-likeness (QED) is 0.409. The molecule has 0 unspecified atom stereocenters. The van der Waals surface area contributed by atoms with E-state index < -0.39 is 17.5 Å². The molecule has 0 aliphatic rings. The number of carbonyl (C=O) groups is 3. The summed E-state index contributed by atoms with van der Waals surface area (Å²) in [6.45, 7) is 9.12. The van der Waals surface area contributed by atoms with E-state index in [-0.39, 0.29) is 18.4 Å². The second-order valence-electron chi connectivity index (χ2n) is 9.92. The van der Waals surface area contributed by atoms with Crippen LogP contribution >= 0.6 is 11.3 Å². The van der Waals surface area contributed by atoms with Crippen LogP contribution in [0.4, 0.5) is 5.69 Å². The zero-order chi connectivity index (χ0) is 28.0. The van der Waals surface area contributed by atoms with Crippen LogP contribution in [0.15, 0.2) is 53.9 Å². The summed E-state index contributed by atoms with van der Waals surface area (Å²) >= 11 is 1.29. The molecule has 202 valence electrons. The van der Waals surface area contributed by atoms with Crippen molar-refractivity contribution in [1.29, 1.82) is 0 Å². The van der Waals surface area contributed by atoms with Crippen molar-refractivity contribution in [3.63, 3.8) is 0 Å². The molecule has 8 nitrogen and oxygen atoms in total. The number of nitrogens with one attached hydrogen (secondary N) is 2. The molecule has 1 heterocycles. The van der Waals surface area contributed by atoms with Crippen molar-refractivity contribution in [1.82, 2.24) is 10.6 Å². The lowest BCUT2D eigenvalue weighted by Gasteiger charge is -2.35. The van der Waals surface area contributed by atoms with E-state index in [9.17, 15) is 14.4 Å². The minimum Gasteiger partial charge on any atom is -0.493 e. The molecule has 0 bridgehead atoms. The molecule has 9 heteroatoms. The molecule has 3 aromatic rings. The summed E-state index contributed by atoms with van der Waals surface area (Å²) < 4.78 is 10.9. The molecular weight excluding hydrogens is 502 g/mol. The average molecular weight is 538 g/mol. The Morgan fingerprint density at radius 3 is 2.16 bits per heavy atom. The van der Waals surface area contributed by atoms with Gasteiger partial charge in [-0.2, -0.15) is 0 Å². The highest BCUT2D eigenvalue weighted by atomic mass is 32.1. The molecule has 0 fully saturated rings. The van der Waals surface area contributed by atoms with Gasteiger partial charge in [0.15, 0.2) is 11.5 Å². The topological polar surface area (TPSA) is 97.0 Å². The smallest absolute Gasteiger partial charge is 0.261 e. The summed E-state index contributed by atoms with van der Waals surface area (Å²) in [6.07, 6.45) is 0. The van der Waals surface area contributed by atoms with Crippen molar-refractivity contribution < 1.29 is 23.9 Å². The van der Waals surface area contributed by atoms with E-state index in [1.807, 2.05) is 52.8 Å². The fourth-order valence-corrected chi connectivity index (χ4v) is 4.84. The van der Waals surface area contributed by atoms with Gasteiger partial charge in [-0.1, -0.05) is 30.3 Å². The van der Waals surface area contributed by atoms with Crippen LogP contribution in [0.3, 0.4) is 0 Å². The Morgan fingerprint density at radius 2 is 1.61 bits per heavy atom. The minimum atomic E-state index is -1.06. The van der Waals surface area contributed by atoms with E-state index in [0.717, 1.165) is 11.1 Å². The molecule has 0 radical (unpaired) electrons. The monoisotopic (exact) mass is 537 g/mol. The van der Waals surface area contributed by atoms with E-state index in [2.05, 4.69) is 10.6 Å². The summed E-state index contributed by atoms with van der Waals surface area (Å²) in [4.78, 5) is 42.5. The van der Waals surface area contributed by atoms with Crippen molar-refractivity contribution in [2.24, 2.45) is 0 Å². The van der Waals surface area contributed by atoms with Gasteiger partial charge in [0, 0.05) is 5.54 Å². The van der Waals surface area contributed by atoms with Gasteiger partial charge in [0.25, 0.3) is 5.91 Å². The van der Waals surface area contributed by atoms with E-state index in [0.29, 0.717) is 27.6 Å². The maximum atomic E-state index is 14.0. The maximum Gasteiger partial charge on any atom is 0.261 e. The molecule has 3 rings (SSSR count). The first-order chi connectivity index (χ1) is 18.0. The van der Waals surface area contributed by atoms with Gasteiger partial charge in [0.05, 0.1) is 31.3 Å². The van der Waals surface area contributed by atoms with Crippen molar-refractivity contribution in [3.05, 3.63) is 75.5 Å². The van der Waals surface area contributed by atoms with Crippen molar-refractivity contribution in [3.8, 4) is 11.5 Å². The summed E-state index contributed by atoms with van der Waals surface area (Å²) in [7, 11) is 3.05. The van der Waals surface area contributed by atoms with Gasteiger partial charge in [0.2, 0.25) is 11.8 Å². The minimum absolute atomic E-state index is 0.295. The van der Waals surface area contributed by atoms with Crippen molar-refractivity contribution in [2.45, 2.75) is 46.2 Å². The highest BCUT2D eigenvalue weighted by Crippen LogP contribution is 2.37. The van der Waals surface area contributed by atoms with Crippen LogP contribution in [0.5, 0.6) is 11.5 Å². The molecule has 0 aliphatic carbocycles. The van der Waals surface area contributed by atoms with Crippen LogP contribution in [-0.2, 0) is 9.59 Å². The Morgan fingerprint density at radius 1 is 0.947 bits per heavy atom. The summed E-state index contributed by atoms with van der Waals surface area (Å²) in [6, 6.07) is 13.2. The number of nitrogens with zero attached hydrogens (tertiary/aromatic N) is 1. The first kappa shape index (κ1) is 28.7. The summed E-state index contributed by atoms with van der Waals surface area (Å²) in [5, 5.41) is 7.53. The number of thiophene rings is 1. The number of carbonyl (C=O) groups excluding carboxylic acids is 3. The first-order valence-corrected chi connectivity index (χ1v) is 13.1. The van der Waals surface area contributed by atoms with Gasteiger partial charge >= 0.3 is 0 Å². The van der Waals surface area contributed by atoms with E-state index >= 15 is 0 Å². The Bertz CT molecular complexity index is 1280. The third-order valence-corrected chi connectivity index (χ3v) is 6.69. The van der Waals surface area contributed by atoms with Crippen LogP contribution in [-0.4, -0.2) is 44.0 Å². The molecule has 0 spiro atoms. The number of hydrogen-bond donors (Lipinski definition) is 2. The Labute approximate surface area is 228 Å².